The molecule has 0 aliphatic rings. The Balaban J connectivity index is 1.69. The van der Waals surface area contributed by atoms with Gasteiger partial charge in [0.15, 0.2) is 5.76 Å². The first-order valence-electron chi connectivity index (χ1n) is 8.28. The van der Waals surface area contributed by atoms with Gasteiger partial charge in [-0.05, 0) is 42.8 Å². The van der Waals surface area contributed by atoms with Gasteiger partial charge >= 0.3 is 0 Å². The van der Waals surface area contributed by atoms with Gasteiger partial charge in [-0.3, -0.25) is 14.6 Å². The third-order valence-electron chi connectivity index (χ3n) is 3.89. The van der Waals surface area contributed by atoms with E-state index in [1.807, 2.05) is 31.2 Å². The average Bonchev–Trinajstić information content (AvgIpc) is 3.19. The fourth-order valence-electron chi connectivity index (χ4n) is 2.55. The van der Waals surface area contributed by atoms with E-state index in [0.717, 1.165) is 11.3 Å². The van der Waals surface area contributed by atoms with Crippen molar-refractivity contribution in [3.8, 4) is 0 Å². The maximum absolute atomic E-state index is 12.6. The van der Waals surface area contributed by atoms with Crippen molar-refractivity contribution < 1.29 is 14.0 Å². The van der Waals surface area contributed by atoms with Gasteiger partial charge in [0.2, 0.25) is 0 Å². The van der Waals surface area contributed by atoms with Crippen molar-refractivity contribution in [3.63, 3.8) is 0 Å². The molecule has 132 valence electrons. The van der Waals surface area contributed by atoms with E-state index >= 15 is 0 Å². The molecule has 0 aliphatic heterocycles. The average molecular weight is 349 g/mol. The number of nitrogens with zero attached hydrogens (tertiary/aromatic N) is 1. The van der Waals surface area contributed by atoms with Crippen LogP contribution in [0.3, 0.4) is 0 Å². The standard InChI is InChI=1S/C20H19N3O3/c1-14-6-4-8-16(18(14)23-20(25)17-9-5-13-26-17)19(24)22-12-10-15-7-2-3-11-21-15/h2-9,11,13H,10,12H2,1H3,(H,22,24)(H,23,25). The van der Waals surface area contributed by atoms with E-state index in [1.54, 1.807) is 30.5 Å². The minimum Gasteiger partial charge on any atom is -0.459 e. The Kier molecular flexibility index (Phi) is 5.43. The molecule has 1 aromatic carbocycles. The summed E-state index contributed by atoms with van der Waals surface area (Å²) in [4.78, 5) is 29.1. The Labute approximate surface area is 151 Å². The van der Waals surface area contributed by atoms with Crippen LogP contribution in [0.2, 0.25) is 0 Å². The highest BCUT2D eigenvalue weighted by molar-refractivity contribution is 6.08. The molecular formula is C20H19N3O3. The van der Waals surface area contributed by atoms with E-state index < -0.39 is 5.91 Å². The molecule has 2 amide bonds. The number of carbonyl (C=O) groups is 2. The van der Waals surface area contributed by atoms with Crippen LogP contribution in [-0.4, -0.2) is 23.3 Å². The highest BCUT2D eigenvalue weighted by Crippen LogP contribution is 2.21. The molecule has 0 aliphatic carbocycles. The Hall–Kier alpha value is -3.41. The molecule has 2 aromatic heterocycles. The van der Waals surface area contributed by atoms with Crippen LogP contribution in [0, 0.1) is 6.92 Å². The van der Waals surface area contributed by atoms with Crippen molar-refractivity contribution in [1.29, 1.82) is 0 Å². The number of carbonyl (C=O) groups excluding carboxylic acids is 2. The van der Waals surface area contributed by atoms with Crippen LogP contribution in [0.25, 0.3) is 0 Å². The fourth-order valence-corrected chi connectivity index (χ4v) is 2.55. The molecule has 3 rings (SSSR count). The molecule has 0 spiro atoms. The van der Waals surface area contributed by atoms with E-state index in [9.17, 15) is 9.59 Å². The third kappa shape index (κ3) is 4.16. The summed E-state index contributed by atoms with van der Waals surface area (Å²) in [6.07, 6.45) is 3.78. The highest BCUT2D eigenvalue weighted by atomic mass is 16.3. The smallest absolute Gasteiger partial charge is 0.291 e. The van der Waals surface area contributed by atoms with Crippen LogP contribution in [0.5, 0.6) is 0 Å². The lowest BCUT2D eigenvalue weighted by atomic mass is 10.1. The van der Waals surface area contributed by atoms with Gasteiger partial charge in [0.05, 0.1) is 17.5 Å². The molecule has 26 heavy (non-hydrogen) atoms. The second-order valence-electron chi connectivity index (χ2n) is 5.76. The predicted octanol–water partition coefficient (Wildman–Crippen LogP) is 3.21. The van der Waals surface area contributed by atoms with Crippen molar-refractivity contribution in [3.05, 3.63) is 83.6 Å². The number of pyridine rings is 1. The zero-order valence-electron chi connectivity index (χ0n) is 14.4. The lowest BCUT2D eigenvalue weighted by molar-refractivity contribution is 0.0955. The number of aromatic nitrogens is 1. The number of nitrogens with one attached hydrogen (secondary N) is 2. The van der Waals surface area contributed by atoms with Gasteiger partial charge in [0, 0.05) is 24.9 Å². The number of anilines is 1. The van der Waals surface area contributed by atoms with Gasteiger partial charge in [-0.1, -0.05) is 18.2 Å². The van der Waals surface area contributed by atoms with Crippen LogP contribution in [0.15, 0.2) is 65.4 Å². The van der Waals surface area contributed by atoms with Gasteiger partial charge in [-0.2, -0.15) is 0 Å². The third-order valence-corrected chi connectivity index (χ3v) is 3.89. The summed E-state index contributed by atoms with van der Waals surface area (Å²) in [5.41, 5.74) is 2.58. The molecule has 0 unspecified atom stereocenters. The SMILES string of the molecule is Cc1cccc(C(=O)NCCc2ccccn2)c1NC(=O)c1ccco1. The molecule has 6 nitrogen and oxygen atoms in total. The second kappa shape index (κ2) is 8.11. The van der Waals surface area contributed by atoms with Gasteiger partial charge < -0.3 is 15.1 Å². The number of rotatable bonds is 6. The maximum Gasteiger partial charge on any atom is 0.291 e. The largest absolute Gasteiger partial charge is 0.459 e. The van der Waals surface area contributed by atoms with Gasteiger partial charge in [-0.15, -0.1) is 0 Å². The summed E-state index contributed by atoms with van der Waals surface area (Å²) in [6.45, 7) is 2.29. The lowest BCUT2D eigenvalue weighted by Crippen LogP contribution is -2.27. The molecule has 3 aromatic rings. The number of para-hydroxylation sites is 1. The first kappa shape index (κ1) is 17.4. The zero-order valence-corrected chi connectivity index (χ0v) is 14.4. The molecule has 6 heteroatoms. The molecule has 0 fully saturated rings. The Morgan fingerprint density at radius 3 is 2.65 bits per heavy atom. The molecule has 0 saturated heterocycles. The number of furan rings is 1. The van der Waals surface area contributed by atoms with E-state index in [0.29, 0.717) is 24.2 Å². The Bertz CT molecular complexity index is 890. The minimum absolute atomic E-state index is 0.190. The summed E-state index contributed by atoms with van der Waals surface area (Å²) in [5, 5.41) is 5.63. The van der Waals surface area contributed by atoms with Crippen molar-refractivity contribution in [2.75, 3.05) is 11.9 Å². The number of aryl methyl sites for hydroxylation is 1. The summed E-state index contributed by atoms with van der Waals surface area (Å²) in [6, 6.07) is 14.2. The van der Waals surface area contributed by atoms with E-state index in [2.05, 4.69) is 15.6 Å². The molecule has 0 bridgehead atoms. The summed E-state index contributed by atoms with van der Waals surface area (Å²) in [7, 11) is 0. The number of benzene rings is 1. The summed E-state index contributed by atoms with van der Waals surface area (Å²) < 4.78 is 5.10. The van der Waals surface area contributed by atoms with Crippen LogP contribution in [0.4, 0.5) is 5.69 Å². The fraction of sp³-hybridized carbons (Fsp3) is 0.150. The van der Waals surface area contributed by atoms with E-state index in [1.165, 1.54) is 6.26 Å². The van der Waals surface area contributed by atoms with Crippen LogP contribution >= 0.6 is 0 Å². The predicted molar refractivity (Wildman–Crippen MR) is 98.1 cm³/mol. The van der Waals surface area contributed by atoms with E-state index in [4.69, 9.17) is 4.42 Å². The van der Waals surface area contributed by atoms with Crippen LogP contribution in [-0.2, 0) is 6.42 Å². The first-order chi connectivity index (χ1) is 12.6. The number of hydrogen-bond acceptors (Lipinski definition) is 4. The minimum atomic E-state index is -0.396. The van der Waals surface area contributed by atoms with Crippen molar-refractivity contribution in [2.24, 2.45) is 0 Å². The van der Waals surface area contributed by atoms with Crippen LogP contribution in [0.1, 0.15) is 32.2 Å². The lowest BCUT2D eigenvalue weighted by Gasteiger charge is -2.13. The van der Waals surface area contributed by atoms with Crippen LogP contribution < -0.4 is 10.6 Å². The first-order valence-corrected chi connectivity index (χ1v) is 8.28. The Morgan fingerprint density at radius 2 is 1.92 bits per heavy atom. The molecule has 2 N–H and O–H groups in total. The second-order valence-corrected chi connectivity index (χ2v) is 5.76. The van der Waals surface area contributed by atoms with Crippen molar-refractivity contribution in [1.82, 2.24) is 10.3 Å². The molecule has 0 radical (unpaired) electrons. The van der Waals surface area contributed by atoms with Crippen molar-refractivity contribution in [2.45, 2.75) is 13.3 Å². The normalized spacial score (nSPS) is 10.3. The molecule has 0 saturated carbocycles. The monoisotopic (exact) mass is 349 g/mol. The van der Waals surface area contributed by atoms with Gasteiger partial charge in [-0.25, -0.2) is 0 Å². The van der Waals surface area contributed by atoms with Gasteiger partial charge in [0.25, 0.3) is 11.8 Å². The molecule has 0 atom stereocenters. The Morgan fingerprint density at radius 1 is 1.04 bits per heavy atom. The number of hydrogen-bond donors (Lipinski definition) is 2. The van der Waals surface area contributed by atoms with Crippen molar-refractivity contribution >= 4 is 17.5 Å². The summed E-state index contributed by atoms with van der Waals surface area (Å²) in [5.74, 6) is -0.457. The quantitative estimate of drug-likeness (QED) is 0.716. The van der Waals surface area contributed by atoms with Gasteiger partial charge in [0.1, 0.15) is 0 Å². The molecule has 2 heterocycles. The number of amides is 2. The maximum atomic E-state index is 12.6. The molecular weight excluding hydrogens is 330 g/mol. The zero-order chi connectivity index (χ0) is 18.4. The highest BCUT2D eigenvalue weighted by Gasteiger charge is 2.17. The topological polar surface area (TPSA) is 84.2 Å². The summed E-state index contributed by atoms with van der Waals surface area (Å²) >= 11 is 0. The van der Waals surface area contributed by atoms with E-state index in [-0.39, 0.29) is 11.7 Å².